The fourth-order valence-electron chi connectivity index (χ4n) is 1.53. The molecule has 0 aliphatic carbocycles. The number of nitrogens with one attached hydrogen (secondary N) is 1. The second-order valence-electron chi connectivity index (χ2n) is 4.25. The molecular formula is C12H16N4O. The molecule has 0 fully saturated rings. The van der Waals surface area contributed by atoms with Crippen LogP contribution in [0.15, 0.2) is 36.8 Å². The fourth-order valence-corrected chi connectivity index (χ4v) is 1.53. The van der Waals surface area contributed by atoms with Crippen LogP contribution in [-0.4, -0.2) is 26.4 Å². The summed E-state index contributed by atoms with van der Waals surface area (Å²) in [6.07, 6.45) is 5.18. The van der Waals surface area contributed by atoms with Gasteiger partial charge < -0.3 is 10.4 Å². The highest BCUT2D eigenvalue weighted by atomic mass is 16.3. The summed E-state index contributed by atoms with van der Waals surface area (Å²) in [7, 11) is 1.83. The molecule has 0 aromatic carbocycles. The number of nitrogens with zero attached hydrogens (tertiary/aromatic N) is 3. The predicted molar refractivity (Wildman–Crippen MR) is 65.5 cm³/mol. The van der Waals surface area contributed by atoms with Gasteiger partial charge in [-0.3, -0.25) is 4.68 Å². The van der Waals surface area contributed by atoms with Gasteiger partial charge in [0.15, 0.2) is 0 Å². The van der Waals surface area contributed by atoms with E-state index in [1.54, 1.807) is 30.2 Å². The lowest BCUT2D eigenvalue weighted by Crippen LogP contribution is -2.30. The van der Waals surface area contributed by atoms with Crippen LogP contribution in [0.3, 0.4) is 0 Å². The minimum Gasteiger partial charge on any atom is -0.383 e. The minimum atomic E-state index is -0.966. The lowest BCUT2D eigenvalue weighted by atomic mass is 10.00. The van der Waals surface area contributed by atoms with E-state index >= 15 is 0 Å². The van der Waals surface area contributed by atoms with Crippen molar-refractivity contribution in [3.05, 3.63) is 42.4 Å². The Morgan fingerprint density at radius 1 is 1.47 bits per heavy atom. The smallest absolute Gasteiger partial charge is 0.125 e. The molecule has 0 spiro atoms. The molecule has 0 bridgehead atoms. The van der Waals surface area contributed by atoms with Crippen LogP contribution in [0.25, 0.3) is 0 Å². The summed E-state index contributed by atoms with van der Waals surface area (Å²) in [5, 5.41) is 17.5. The topological polar surface area (TPSA) is 63.0 Å². The molecule has 0 saturated carbocycles. The lowest BCUT2D eigenvalue weighted by molar-refractivity contribution is 0.0714. The van der Waals surface area contributed by atoms with E-state index in [0.29, 0.717) is 6.54 Å². The number of aromatic nitrogens is 3. The summed E-state index contributed by atoms with van der Waals surface area (Å²) in [6.45, 7) is 2.13. The van der Waals surface area contributed by atoms with Gasteiger partial charge >= 0.3 is 0 Å². The highest BCUT2D eigenvalue weighted by Crippen LogP contribution is 2.19. The second kappa shape index (κ2) is 4.55. The van der Waals surface area contributed by atoms with Crippen LogP contribution in [0.2, 0.25) is 0 Å². The van der Waals surface area contributed by atoms with Crippen molar-refractivity contribution in [2.45, 2.75) is 12.5 Å². The van der Waals surface area contributed by atoms with E-state index in [1.807, 2.05) is 25.2 Å². The van der Waals surface area contributed by atoms with Gasteiger partial charge in [-0.05, 0) is 19.1 Å². The Kier molecular flexibility index (Phi) is 3.10. The molecule has 2 N–H and O–H groups in total. The summed E-state index contributed by atoms with van der Waals surface area (Å²) >= 11 is 0. The number of pyridine rings is 1. The zero-order valence-corrected chi connectivity index (χ0v) is 9.96. The molecule has 5 heteroatoms. The third-order valence-electron chi connectivity index (χ3n) is 2.61. The van der Waals surface area contributed by atoms with Gasteiger partial charge in [-0.15, -0.1) is 0 Å². The fraction of sp³-hybridized carbons (Fsp3) is 0.333. The van der Waals surface area contributed by atoms with E-state index in [2.05, 4.69) is 15.4 Å². The molecule has 0 radical (unpaired) electrons. The highest BCUT2D eigenvalue weighted by Gasteiger charge is 2.24. The third kappa shape index (κ3) is 2.82. The Hall–Kier alpha value is -1.88. The SMILES string of the molecule is Cn1cc(C(C)(O)CNc2ccccn2)cn1. The maximum atomic E-state index is 10.3. The van der Waals surface area contributed by atoms with Crippen molar-refractivity contribution < 1.29 is 5.11 Å². The Labute approximate surface area is 100 Å². The number of rotatable bonds is 4. The molecule has 2 rings (SSSR count). The maximum Gasteiger partial charge on any atom is 0.125 e. The molecule has 5 nitrogen and oxygen atoms in total. The minimum absolute atomic E-state index is 0.385. The molecule has 1 unspecified atom stereocenters. The average Bonchev–Trinajstić information content (AvgIpc) is 2.76. The molecule has 2 heterocycles. The Balaban J connectivity index is 2.03. The van der Waals surface area contributed by atoms with Crippen molar-refractivity contribution >= 4 is 5.82 Å². The largest absolute Gasteiger partial charge is 0.383 e. The molecular weight excluding hydrogens is 216 g/mol. The normalized spacial score (nSPS) is 14.3. The Bertz CT molecular complexity index is 478. The predicted octanol–water partition coefficient (Wildman–Crippen LogP) is 1.13. The molecule has 0 aliphatic heterocycles. The van der Waals surface area contributed by atoms with Gasteiger partial charge in [0.05, 0.1) is 6.20 Å². The van der Waals surface area contributed by atoms with Gasteiger partial charge in [-0.25, -0.2) is 4.98 Å². The summed E-state index contributed by atoms with van der Waals surface area (Å²) in [5.41, 5.74) is -0.186. The van der Waals surface area contributed by atoms with Gasteiger partial charge in [-0.1, -0.05) is 6.07 Å². The monoisotopic (exact) mass is 232 g/mol. The van der Waals surface area contributed by atoms with Crippen molar-refractivity contribution in [3.63, 3.8) is 0 Å². The van der Waals surface area contributed by atoms with Gasteiger partial charge in [0.2, 0.25) is 0 Å². The Morgan fingerprint density at radius 3 is 2.88 bits per heavy atom. The van der Waals surface area contributed by atoms with Crippen molar-refractivity contribution in [1.82, 2.24) is 14.8 Å². The van der Waals surface area contributed by atoms with Gasteiger partial charge in [-0.2, -0.15) is 5.10 Å². The third-order valence-corrected chi connectivity index (χ3v) is 2.61. The molecule has 0 aliphatic rings. The molecule has 2 aromatic rings. The first kappa shape index (κ1) is 11.6. The van der Waals surface area contributed by atoms with E-state index < -0.39 is 5.60 Å². The number of aliphatic hydroxyl groups is 1. The molecule has 0 amide bonds. The van der Waals surface area contributed by atoms with Crippen LogP contribution in [0.1, 0.15) is 12.5 Å². The van der Waals surface area contributed by atoms with E-state index in [1.165, 1.54) is 0 Å². The quantitative estimate of drug-likeness (QED) is 0.829. The second-order valence-corrected chi connectivity index (χ2v) is 4.25. The van der Waals surface area contributed by atoms with E-state index in [-0.39, 0.29) is 0 Å². The van der Waals surface area contributed by atoms with Crippen molar-refractivity contribution in [2.75, 3.05) is 11.9 Å². The van der Waals surface area contributed by atoms with Crippen LogP contribution in [0.5, 0.6) is 0 Å². The van der Waals surface area contributed by atoms with Crippen LogP contribution < -0.4 is 5.32 Å². The van der Waals surface area contributed by atoms with Crippen molar-refractivity contribution in [1.29, 1.82) is 0 Å². The molecule has 90 valence electrons. The van der Waals surface area contributed by atoms with Crippen LogP contribution >= 0.6 is 0 Å². The molecule has 1 atom stereocenters. The van der Waals surface area contributed by atoms with Crippen molar-refractivity contribution in [3.8, 4) is 0 Å². The molecule has 17 heavy (non-hydrogen) atoms. The van der Waals surface area contributed by atoms with Gasteiger partial charge in [0.1, 0.15) is 11.4 Å². The van der Waals surface area contributed by atoms with Gasteiger partial charge in [0.25, 0.3) is 0 Å². The lowest BCUT2D eigenvalue weighted by Gasteiger charge is -2.22. The van der Waals surface area contributed by atoms with Crippen LogP contribution in [0.4, 0.5) is 5.82 Å². The van der Waals surface area contributed by atoms with Crippen LogP contribution in [-0.2, 0) is 12.6 Å². The number of anilines is 1. The first-order valence-electron chi connectivity index (χ1n) is 5.44. The van der Waals surface area contributed by atoms with E-state index in [9.17, 15) is 5.11 Å². The summed E-state index contributed by atoms with van der Waals surface area (Å²) in [4.78, 5) is 4.14. The average molecular weight is 232 g/mol. The summed E-state index contributed by atoms with van der Waals surface area (Å²) in [6, 6.07) is 5.61. The highest BCUT2D eigenvalue weighted by molar-refractivity contribution is 5.34. The zero-order chi connectivity index (χ0) is 12.3. The van der Waals surface area contributed by atoms with Gasteiger partial charge in [0, 0.05) is 31.5 Å². The number of hydrogen-bond acceptors (Lipinski definition) is 4. The first-order chi connectivity index (χ1) is 8.08. The zero-order valence-electron chi connectivity index (χ0n) is 9.96. The van der Waals surface area contributed by atoms with E-state index in [4.69, 9.17) is 0 Å². The maximum absolute atomic E-state index is 10.3. The number of hydrogen-bond donors (Lipinski definition) is 2. The summed E-state index contributed by atoms with van der Waals surface area (Å²) in [5.74, 6) is 0.747. The molecule has 0 saturated heterocycles. The van der Waals surface area contributed by atoms with E-state index in [0.717, 1.165) is 11.4 Å². The van der Waals surface area contributed by atoms with Crippen LogP contribution in [0, 0.1) is 0 Å². The standard InChI is InChI=1S/C12H16N4O/c1-12(17,10-7-15-16(2)8-10)9-14-11-5-3-4-6-13-11/h3-8,17H,9H2,1-2H3,(H,13,14). The summed E-state index contributed by atoms with van der Waals surface area (Å²) < 4.78 is 1.67. The Morgan fingerprint density at radius 2 is 2.29 bits per heavy atom. The first-order valence-corrected chi connectivity index (χ1v) is 5.44. The molecule has 2 aromatic heterocycles. The number of aryl methyl sites for hydroxylation is 1. The van der Waals surface area contributed by atoms with Crippen molar-refractivity contribution in [2.24, 2.45) is 7.05 Å².